The summed E-state index contributed by atoms with van der Waals surface area (Å²) in [6.07, 6.45) is -10.6. The lowest BCUT2D eigenvalue weighted by Gasteiger charge is -2.32. The molecule has 6 atom stereocenters. The van der Waals surface area contributed by atoms with E-state index < -0.39 is 74.2 Å². The summed E-state index contributed by atoms with van der Waals surface area (Å²) >= 11 is 0. The maximum absolute atomic E-state index is 15.4. The number of halogens is 3. The number of carbonyl (C=O) groups is 1. The molecule has 42 heavy (non-hydrogen) atoms. The molecule has 228 valence electrons. The van der Waals surface area contributed by atoms with Crippen LogP contribution >= 0.6 is 7.75 Å². The number of nitrogens with zero attached hydrogens (tertiary/aromatic N) is 1. The minimum absolute atomic E-state index is 0.0127. The summed E-state index contributed by atoms with van der Waals surface area (Å²) in [5, 5.41) is 13.9. The van der Waals surface area contributed by atoms with Crippen LogP contribution < -0.4 is 20.9 Å². The van der Waals surface area contributed by atoms with Crippen molar-refractivity contribution in [2.24, 2.45) is 0 Å². The predicted octanol–water partition coefficient (Wildman–Crippen LogP) is 3.05. The maximum Gasteiger partial charge on any atom is 0.459 e. The van der Waals surface area contributed by atoms with Gasteiger partial charge in [-0.1, -0.05) is 36.4 Å². The number of hydrogen-bond acceptors (Lipinski definition) is 9. The first-order valence-corrected chi connectivity index (χ1v) is 14.3. The van der Waals surface area contributed by atoms with Crippen molar-refractivity contribution in [3.63, 3.8) is 0 Å². The Labute approximate surface area is 236 Å². The highest BCUT2D eigenvalue weighted by atomic mass is 31.2. The first kappa shape index (κ1) is 31.4. The topological polar surface area (TPSA) is 158 Å². The van der Waals surface area contributed by atoms with Crippen LogP contribution in [0.4, 0.5) is 13.2 Å². The third-order valence-corrected chi connectivity index (χ3v) is 7.99. The number of nitrogens with one attached hydrogen (secondary N) is 2. The number of carbonyl (C=O) groups excluding carboxylic acids is 1. The molecule has 0 aliphatic carbocycles. The molecule has 1 aromatic heterocycles. The summed E-state index contributed by atoms with van der Waals surface area (Å²) < 4.78 is 80.3. The molecule has 3 aromatic rings. The van der Waals surface area contributed by atoms with E-state index >= 15 is 4.39 Å². The molecule has 4 rings (SSSR count). The second-order valence-corrected chi connectivity index (χ2v) is 11.5. The summed E-state index contributed by atoms with van der Waals surface area (Å²) in [5.41, 5.74) is -5.23. The van der Waals surface area contributed by atoms with Crippen LogP contribution in [0.25, 0.3) is 10.8 Å². The molecule has 12 nitrogen and oxygen atoms in total. The zero-order valence-electron chi connectivity index (χ0n) is 22.6. The zero-order chi connectivity index (χ0) is 30.8. The van der Waals surface area contributed by atoms with E-state index in [-0.39, 0.29) is 5.75 Å². The number of esters is 1. The van der Waals surface area contributed by atoms with E-state index in [2.05, 4.69) is 5.09 Å². The summed E-state index contributed by atoms with van der Waals surface area (Å²) in [4.78, 5) is 37.9. The van der Waals surface area contributed by atoms with Crippen molar-refractivity contribution in [2.75, 3.05) is 6.61 Å². The van der Waals surface area contributed by atoms with Gasteiger partial charge in [0, 0.05) is 17.6 Å². The van der Waals surface area contributed by atoms with Crippen LogP contribution in [0.15, 0.2) is 64.3 Å². The van der Waals surface area contributed by atoms with Crippen molar-refractivity contribution >= 4 is 24.5 Å². The van der Waals surface area contributed by atoms with Crippen molar-refractivity contribution in [1.82, 2.24) is 14.6 Å². The summed E-state index contributed by atoms with van der Waals surface area (Å²) in [5.74, 6) is -0.881. The van der Waals surface area contributed by atoms with Crippen LogP contribution in [0.3, 0.4) is 0 Å². The average Bonchev–Trinajstić information content (AvgIpc) is 3.18. The quantitative estimate of drug-likeness (QED) is 0.216. The lowest BCUT2D eigenvalue weighted by atomic mass is 9.98. The number of benzene rings is 2. The number of aliphatic hydroxyl groups excluding tert-OH is 1. The number of hydrogen-bond donors (Lipinski definition) is 3. The third-order valence-electron chi connectivity index (χ3n) is 6.38. The van der Waals surface area contributed by atoms with E-state index in [1.165, 1.54) is 13.0 Å². The first-order valence-electron chi connectivity index (χ1n) is 12.8. The van der Waals surface area contributed by atoms with E-state index in [4.69, 9.17) is 18.5 Å². The van der Waals surface area contributed by atoms with Gasteiger partial charge in [0.05, 0.1) is 12.7 Å². The second-order valence-electron chi connectivity index (χ2n) is 9.85. The van der Waals surface area contributed by atoms with Gasteiger partial charge in [-0.2, -0.15) is 5.09 Å². The van der Waals surface area contributed by atoms with Crippen molar-refractivity contribution in [3.8, 4) is 5.75 Å². The Balaban J connectivity index is 1.68. The Morgan fingerprint density at radius 2 is 1.86 bits per heavy atom. The first-order chi connectivity index (χ1) is 19.8. The van der Waals surface area contributed by atoms with Gasteiger partial charge in [0.2, 0.25) is 0 Å². The van der Waals surface area contributed by atoms with Crippen LogP contribution in [-0.2, 0) is 23.4 Å². The fourth-order valence-corrected chi connectivity index (χ4v) is 5.84. The van der Waals surface area contributed by atoms with Gasteiger partial charge in [-0.15, -0.1) is 0 Å². The number of alkyl halides is 3. The molecule has 1 aliphatic heterocycles. The molecule has 0 amide bonds. The van der Waals surface area contributed by atoms with E-state index in [1.807, 2.05) is 4.98 Å². The van der Waals surface area contributed by atoms with E-state index in [1.54, 1.807) is 50.2 Å². The van der Waals surface area contributed by atoms with Gasteiger partial charge in [0.25, 0.3) is 12.0 Å². The molecule has 1 saturated heterocycles. The van der Waals surface area contributed by atoms with Gasteiger partial charge in [-0.05, 0) is 32.2 Å². The van der Waals surface area contributed by atoms with Crippen LogP contribution in [0.2, 0.25) is 0 Å². The molecule has 1 unspecified atom stereocenters. The lowest BCUT2D eigenvalue weighted by molar-refractivity contribution is -0.183. The van der Waals surface area contributed by atoms with Crippen molar-refractivity contribution < 1.29 is 46.2 Å². The fraction of sp³-hybridized carbons (Fsp3) is 0.423. The number of fused-ring (bicyclic) bond motifs is 1. The lowest BCUT2D eigenvalue weighted by Crippen LogP contribution is -2.51. The van der Waals surface area contributed by atoms with E-state index in [9.17, 15) is 32.8 Å². The van der Waals surface area contributed by atoms with E-state index in [0.29, 0.717) is 15.3 Å². The van der Waals surface area contributed by atoms with Crippen molar-refractivity contribution in [1.29, 1.82) is 0 Å². The molecule has 2 aromatic carbocycles. The number of ether oxygens (including phenoxy) is 2. The average molecular weight is 615 g/mol. The summed E-state index contributed by atoms with van der Waals surface area (Å²) in [6, 6.07) is 11.0. The van der Waals surface area contributed by atoms with Crippen LogP contribution in [0.5, 0.6) is 5.75 Å². The molecule has 0 radical (unpaired) electrons. The third kappa shape index (κ3) is 6.45. The highest BCUT2D eigenvalue weighted by molar-refractivity contribution is 7.52. The zero-order valence-corrected chi connectivity index (χ0v) is 23.5. The predicted molar refractivity (Wildman–Crippen MR) is 143 cm³/mol. The van der Waals surface area contributed by atoms with Gasteiger partial charge in [0.1, 0.15) is 17.9 Å². The molecule has 1 aliphatic rings. The Morgan fingerprint density at radius 3 is 2.52 bits per heavy atom. The standard InChI is InChI=1S/C26H29F3N3O9P/c1-14(2)39-23(35)15(3)31-42(37,41-18-10-6-8-16-7-4-5-9-17(16)18)38-13-26(24(28)29)21(27)20(34)22(40-26)32-12-11-19(33)30-25(32)36/h4-12,14-15,20-22,24,34H,13H2,1-3H3,(H,31,37)(H,30,33,36)/t15-,20+,21-,22+,26+,42?/m0/s1. The van der Waals surface area contributed by atoms with Crippen LogP contribution in [0, 0.1) is 0 Å². The SMILES string of the molecule is CC(C)OC(=O)[C@H](C)NP(=O)(OC[C@@]1(C(F)F)O[C@@H](n2ccc(=O)[nH]c2=O)[C@H](O)[C@@H]1F)Oc1cccc2ccccc12. The van der Waals surface area contributed by atoms with Crippen molar-refractivity contribution in [3.05, 3.63) is 75.6 Å². The largest absolute Gasteiger partial charge is 0.462 e. The number of H-pyrrole nitrogens is 1. The molecule has 0 bridgehead atoms. The Hall–Kier alpha value is -3.49. The molecule has 3 N–H and O–H groups in total. The maximum atomic E-state index is 15.4. The highest BCUT2D eigenvalue weighted by Crippen LogP contribution is 2.50. The number of rotatable bonds is 11. The minimum Gasteiger partial charge on any atom is -0.462 e. The van der Waals surface area contributed by atoms with E-state index in [0.717, 1.165) is 12.3 Å². The fourth-order valence-electron chi connectivity index (χ4n) is 4.30. The molecule has 1 fully saturated rings. The second kappa shape index (κ2) is 12.4. The molecular weight excluding hydrogens is 586 g/mol. The minimum atomic E-state index is -4.82. The van der Waals surface area contributed by atoms with Gasteiger partial charge in [-0.25, -0.2) is 22.5 Å². The molecule has 0 spiro atoms. The molecule has 16 heteroatoms. The van der Waals surface area contributed by atoms with Crippen LogP contribution in [-0.4, -0.2) is 63.7 Å². The number of aromatic amines is 1. The number of aliphatic hydroxyl groups is 1. The van der Waals surface area contributed by atoms with Gasteiger partial charge in [0.15, 0.2) is 18.0 Å². The van der Waals surface area contributed by atoms with Crippen molar-refractivity contribution in [2.45, 2.75) is 63.4 Å². The highest BCUT2D eigenvalue weighted by Gasteiger charge is 2.63. The molecule has 0 saturated carbocycles. The molecule has 2 heterocycles. The van der Waals surface area contributed by atoms with Gasteiger partial charge in [-0.3, -0.25) is 23.7 Å². The number of aromatic nitrogens is 2. The monoisotopic (exact) mass is 615 g/mol. The Morgan fingerprint density at radius 1 is 1.17 bits per heavy atom. The smallest absolute Gasteiger partial charge is 0.459 e. The Kier molecular flexibility index (Phi) is 9.28. The normalized spacial score (nSPS) is 24.5. The molecular formula is C26H29F3N3O9P. The van der Waals surface area contributed by atoms with Crippen LogP contribution in [0.1, 0.15) is 27.0 Å². The van der Waals surface area contributed by atoms with Gasteiger partial charge >= 0.3 is 19.4 Å². The summed E-state index contributed by atoms with van der Waals surface area (Å²) in [6.45, 7) is 2.96. The van der Waals surface area contributed by atoms with Gasteiger partial charge < -0.3 is 19.1 Å². The Bertz CT molecular complexity index is 1590. The summed E-state index contributed by atoms with van der Waals surface area (Å²) in [7, 11) is -4.82.